The molecule has 6 heteroatoms. The number of nitro benzene ring substituents is 1. The number of nitrogens with one attached hydrogen (secondary N) is 1. The van der Waals surface area contributed by atoms with Gasteiger partial charge in [0.2, 0.25) is 0 Å². The van der Waals surface area contributed by atoms with Gasteiger partial charge in [0.15, 0.2) is 0 Å². The van der Waals surface area contributed by atoms with Crippen LogP contribution in [0.4, 0.5) is 17.1 Å². The van der Waals surface area contributed by atoms with Gasteiger partial charge in [-0.25, -0.2) is 4.79 Å². The van der Waals surface area contributed by atoms with E-state index in [0.29, 0.717) is 16.9 Å². The normalized spacial score (nSPS) is 10.1. The monoisotopic (exact) mass is 272 g/mol. The summed E-state index contributed by atoms with van der Waals surface area (Å²) in [5, 5.41) is 22.8. The molecule has 2 aromatic carbocycles. The zero-order valence-electron chi connectivity index (χ0n) is 10.7. The summed E-state index contributed by atoms with van der Waals surface area (Å²) < 4.78 is 0. The van der Waals surface area contributed by atoms with Crippen molar-refractivity contribution in [2.24, 2.45) is 0 Å². The molecule has 0 fully saturated rings. The number of nitro groups is 1. The first-order valence-corrected chi connectivity index (χ1v) is 5.83. The summed E-state index contributed by atoms with van der Waals surface area (Å²) in [5.41, 5.74) is 1.80. The molecule has 2 aromatic rings. The van der Waals surface area contributed by atoms with Crippen LogP contribution in [0.15, 0.2) is 42.5 Å². The fraction of sp³-hybridized carbons (Fsp3) is 0.0714. The highest BCUT2D eigenvalue weighted by Gasteiger charge is 2.13. The van der Waals surface area contributed by atoms with Crippen LogP contribution in [0.1, 0.15) is 15.9 Å². The number of anilines is 2. The Kier molecular flexibility index (Phi) is 3.65. The molecule has 0 spiro atoms. The molecule has 0 aliphatic heterocycles. The first-order chi connectivity index (χ1) is 9.49. The van der Waals surface area contributed by atoms with E-state index < -0.39 is 10.9 Å². The summed E-state index contributed by atoms with van der Waals surface area (Å²) in [6, 6.07) is 11.0. The predicted molar refractivity (Wildman–Crippen MR) is 74.5 cm³/mol. The van der Waals surface area contributed by atoms with Crippen molar-refractivity contribution in [3.8, 4) is 0 Å². The maximum absolute atomic E-state index is 10.9. The molecule has 0 amide bonds. The SMILES string of the molecule is Cc1c(Nc2cccc(C(=O)O)c2)cccc1[N+](=O)[O-]. The third-order valence-corrected chi connectivity index (χ3v) is 2.89. The fourth-order valence-corrected chi connectivity index (χ4v) is 1.84. The summed E-state index contributed by atoms with van der Waals surface area (Å²) in [5.74, 6) is -1.02. The minimum absolute atomic E-state index is 0.0180. The van der Waals surface area contributed by atoms with Crippen molar-refractivity contribution in [3.05, 3.63) is 63.7 Å². The highest BCUT2D eigenvalue weighted by molar-refractivity contribution is 5.89. The Morgan fingerprint density at radius 1 is 1.25 bits per heavy atom. The van der Waals surface area contributed by atoms with Crippen molar-refractivity contribution in [2.75, 3.05) is 5.32 Å². The topological polar surface area (TPSA) is 92.5 Å². The van der Waals surface area contributed by atoms with E-state index in [2.05, 4.69) is 5.32 Å². The number of aromatic carboxylic acids is 1. The molecule has 0 bridgehead atoms. The fourth-order valence-electron chi connectivity index (χ4n) is 1.84. The number of rotatable bonds is 4. The molecule has 2 N–H and O–H groups in total. The predicted octanol–water partition coefficient (Wildman–Crippen LogP) is 3.35. The van der Waals surface area contributed by atoms with E-state index in [9.17, 15) is 14.9 Å². The van der Waals surface area contributed by atoms with E-state index in [4.69, 9.17) is 5.11 Å². The molecule has 0 aromatic heterocycles. The Morgan fingerprint density at radius 3 is 2.60 bits per heavy atom. The van der Waals surface area contributed by atoms with Crippen LogP contribution in [0.25, 0.3) is 0 Å². The Labute approximate surface area is 114 Å². The number of nitrogens with zero attached hydrogens (tertiary/aromatic N) is 1. The van der Waals surface area contributed by atoms with E-state index in [-0.39, 0.29) is 11.3 Å². The Balaban J connectivity index is 2.35. The van der Waals surface area contributed by atoms with Gasteiger partial charge in [-0.05, 0) is 31.2 Å². The van der Waals surface area contributed by atoms with Gasteiger partial charge < -0.3 is 10.4 Å². The molecule has 0 unspecified atom stereocenters. The zero-order valence-corrected chi connectivity index (χ0v) is 10.7. The van der Waals surface area contributed by atoms with Crippen LogP contribution in [-0.4, -0.2) is 16.0 Å². The summed E-state index contributed by atoms with van der Waals surface area (Å²) in [6.07, 6.45) is 0. The molecule has 102 valence electrons. The highest BCUT2D eigenvalue weighted by Crippen LogP contribution is 2.27. The third kappa shape index (κ3) is 2.74. The molecule has 0 aliphatic rings. The lowest BCUT2D eigenvalue weighted by atomic mass is 10.1. The van der Waals surface area contributed by atoms with Crippen molar-refractivity contribution < 1.29 is 14.8 Å². The summed E-state index contributed by atoms with van der Waals surface area (Å²) in [4.78, 5) is 21.3. The van der Waals surface area contributed by atoms with E-state index in [1.165, 1.54) is 18.2 Å². The van der Waals surface area contributed by atoms with Gasteiger partial charge in [0.05, 0.1) is 16.1 Å². The molecule has 0 radical (unpaired) electrons. The van der Waals surface area contributed by atoms with E-state index in [1.807, 2.05) is 0 Å². The van der Waals surface area contributed by atoms with Crippen molar-refractivity contribution in [3.63, 3.8) is 0 Å². The number of carbonyl (C=O) groups is 1. The Bertz CT molecular complexity index is 683. The molecular formula is C14H12N2O4. The lowest BCUT2D eigenvalue weighted by Gasteiger charge is -2.10. The van der Waals surface area contributed by atoms with Crippen LogP contribution in [-0.2, 0) is 0 Å². The summed E-state index contributed by atoms with van der Waals surface area (Å²) in [7, 11) is 0. The smallest absolute Gasteiger partial charge is 0.335 e. The van der Waals surface area contributed by atoms with Gasteiger partial charge in [-0.2, -0.15) is 0 Å². The largest absolute Gasteiger partial charge is 0.478 e. The van der Waals surface area contributed by atoms with Crippen molar-refractivity contribution >= 4 is 23.0 Å². The second-order valence-corrected chi connectivity index (χ2v) is 4.22. The first kappa shape index (κ1) is 13.5. The van der Waals surface area contributed by atoms with Crippen LogP contribution in [0, 0.1) is 17.0 Å². The van der Waals surface area contributed by atoms with Crippen molar-refractivity contribution in [1.82, 2.24) is 0 Å². The standard InChI is InChI=1S/C14H12N2O4/c1-9-12(6-3-7-13(9)16(19)20)15-11-5-2-4-10(8-11)14(17)18/h2-8,15H,1H3,(H,17,18). The number of hydrogen-bond acceptors (Lipinski definition) is 4. The van der Waals surface area contributed by atoms with Gasteiger partial charge in [0, 0.05) is 17.4 Å². The second-order valence-electron chi connectivity index (χ2n) is 4.22. The van der Waals surface area contributed by atoms with E-state index in [1.54, 1.807) is 31.2 Å². The zero-order chi connectivity index (χ0) is 14.7. The number of carboxylic acid groups (broad SMARTS) is 1. The highest BCUT2D eigenvalue weighted by atomic mass is 16.6. The number of hydrogen-bond donors (Lipinski definition) is 2. The molecule has 2 rings (SSSR count). The molecular weight excluding hydrogens is 260 g/mol. The Hall–Kier alpha value is -2.89. The number of benzene rings is 2. The molecule has 0 saturated carbocycles. The first-order valence-electron chi connectivity index (χ1n) is 5.83. The van der Waals surface area contributed by atoms with Crippen LogP contribution in [0.3, 0.4) is 0 Å². The minimum Gasteiger partial charge on any atom is -0.478 e. The summed E-state index contributed by atoms with van der Waals surface area (Å²) in [6.45, 7) is 1.64. The quantitative estimate of drug-likeness (QED) is 0.657. The lowest BCUT2D eigenvalue weighted by molar-refractivity contribution is -0.385. The van der Waals surface area contributed by atoms with Gasteiger partial charge in [-0.3, -0.25) is 10.1 Å². The maximum Gasteiger partial charge on any atom is 0.335 e. The summed E-state index contributed by atoms with van der Waals surface area (Å²) >= 11 is 0. The molecule has 0 heterocycles. The van der Waals surface area contributed by atoms with Gasteiger partial charge in [0.1, 0.15) is 0 Å². The van der Waals surface area contributed by atoms with Gasteiger partial charge in [-0.1, -0.05) is 12.1 Å². The van der Waals surface area contributed by atoms with Crippen LogP contribution < -0.4 is 5.32 Å². The Morgan fingerprint density at radius 2 is 1.95 bits per heavy atom. The molecule has 0 aliphatic carbocycles. The maximum atomic E-state index is 10.9. The van der Waals surface area contributed by atoms with Crippen molar-refractivity contribution in [2.45, 2.75) is 6.92 Å². The molecule has 6 nitrogen and oxygen atoms in total. The van der Waals surface area contributed by atoms with Gasteiger partial charge in [-0.15, -0.1) is 0 Å². The molecule has 0 saturated heterocycles. The number of carboxylic acids is 1. The third-order valence-electron chi connectivity index (χ3n) is 2.89. The van der Waals surface area contributed by atoms with Gasteiger partial charge >= 0.3 is 5.97 Å². The minimum atomic E-state index is -1.02. The average Bonchev–Trinajstić information content (AvgIpc) is 2.41. The van der Waals surface area contributed by atoms with Crippen LogP contribution in [0.5, 0.6) is 0 Å². The van der Waals surface area contributed by atoms with E-state index in [0.717, 1.165) is 0 Å². The lowest BCUT2D eigenvalue weighted by Crippen LogP contribution is -2.00. The molecule has 0 atom stereocenters. The second kappa shape index (κ2) is 5.40. The average molecular weight is 272 g/mol. The van der Waals surface area contributed by atoms with Crippen LogP contribution >= 0.6 is 0 Å². The molecule has 20 heavy (non-hydrogen) atoms. The van der Waals surface area contributed by atoms with E-state index >= 15 is 0 Å². The van der Waals surface area contributed by atoms with Gasteiger partial charge in [0.25, 0.3) is 5.69 Å². The van der Waals surface area contributed by atoms with Crippen molar-refractivity contribution in [1.29, 1.82) is 0 Å². The van der Waals surface area contributed by atoms with Crippen LogP contribution in [0.2, 0.25) is 0 Å².